The number of nitrogens with one attached hydrogen (secondary N) is 1. The third kappa shape index (κ3) is 2.83. The summed E-state index contributed by atoms with van der Waals surface area (Å²) in [6.07, 6.45) is 3.11. The maximum Gasteiger partial charge on any atom is 0.253 e. The summed E-state index contributed by atoms with van der Waals surface area (Å²) in [5.41, 5.74) is 7.11. The highest BCUT2D eigenvalue weighted by Gasteiger charge is 2.26. The van der Waals surface area contributed by atoms with E-state index in [4.69, 9.17) is 5.73 Å². The standard InChI is InChI=1S/C17H19BrN2O2/c18-13-9-12(16(19)11-6-2-1-5-10(11)13)17(22)20-14-7-3-4-8-15(14)21/h1-2,5-6,9,14-15,21H,3-4,7-8,19H2,(H,20,22)/t14-,15?/m0/s1. The third-order valence-electron chi connectivity index (χ3n) is 4.33. The van der Waals surface area contributed by atoms with Gasteiger partial charge in [0.1, 0.15) is 0 Å². The smallest absolute Gasteiger partial charge is 0.253 e. The molecule has 3 rings (SSSR count). The topological polar surface area (TPSA) is 75.4 Å². The van der Waals surface area contributed by atoms with E-state index < -0.39 is 6.10 Å². The van der Waals surface area contributed by atoms with Gasteiger partial charge in [-0.3, -0.25) is 4.79 Å². The van der Waals surface area contributed by atoms with Crippen LogP contribution in [0.2, 0.25) is 0 Å². The van der Waals surface area contributed by atoms with Gasteiger partial charge in [0.05, 0.1) is 23.4 Å². The van der Waals surface area contributed by atoms with Crippen LogP contribution in [0.15, 0.2) is 34.8 Å². The summed E-state index contributed by atoms with van der Waals surface area (Å²) in [6, 6.07) is 9.26. The molecule has 2 aromatic carbocycles. The molecule has 0 aliphatic heterocycles. The summed E-state index contributed by atoms with van der Waals surface area (Å²) in [6.45, 7) is 0. The van der Waals surface area contributed by atoms with Crippen molar-refractivity contribution in [1.29, 1.82) is 0 Å². The number of aliphatic hydroxyl groups excluding tert-OH is 1. The molecule has 2 atom stereocenters. The molecule has 4 nitrogen and oxygen atoms in total. The van der Waals surface area contributed by atoms with Crippen molar-refractivity contribution in [2.24, 2.45) is 0 Å². The zero-order valence-electron chi connectivity index (χ0n) is 12.2. The van der Waals surface area contributed by atoms with E-state index in [1.807, 2.05) is 24.3 Å². The summed E-state index contributed by atoms with van der Waals surface area (Å²) in [5, 5.41) is 14.8. The third-order valence-corrected chi connectivity index (χ3v) is 4.98. The van der Waals surface area contributed by atoms with E-state index in [1.54, 1.807) is 6.07 Å². The first-order valence-corrected chi connectivity index (χ1v) is 8.33. The summed E-state index contributed by atoms with van der Waals surface area (Å²) < 4.78 is 0.839. The summed E-state index contributed by atoms with van der Waals surface area (Å²) in [4.78, 5) is 12.6. The molecule has 0 radical (unpaired) electrons. The highest BCUT2D eigenvalue weighted by atomic mass is 79.9. The quantitative estimate of drug-likeness (QED) is 0.718. The molecular formula is C17H19BrN2O2. The second-order valence-corrected chi connectivity index (χ2v) is 6.65. The number of nitrogens with two attached hydrogens (primary N) is 1. The number of amides is 1. The number of carbonyl (C=O) groups is 1. The van der Waals surface area contributed by atoms with E-state index in [0.29, 0.717) is 11.3 Å². The van der Waals surface area contributed by atoms with Gasteiger partial charge in [-0.2, -0.15) is 0 Å². The van der Waals surface area contributed by atoms with Crippen molar-refractivity contribution in [2.75, 3.05) is 5.73 Å². The van der Waals surface area contributed by atoms with Crippen LogP contribution >= 0.6 is 15.9 Å². The number of rotatable bonds is 2. The Kier molecular flexibility index (Phi) is 4.36. The molecule has 2 aromatic rings. The molecule has 4 N–H and O–H groups in total. The first kappa shape index (κ1) is 15.3. The normalized spacial score (nSPS) is 21.7. The number of halogens is 1. The van der Waals surface area contributed by atoms with Gasteiger partial charge < -0.3 is 16.2 Å². The fourth-order valence-corrected chi connectivity index (χ4v) is 3.64. The van der Waals surface area contributed by atoms with Crippen molar-refractivity contribution < 1.29 is 9.90 Å². The van der Waals surface area contributed by atoms with Crippen LogP contribution in [-0.2, 0) is 0 Å². The van der Waals surface area contributed by atoms with Gasteiger partial charge in [-0.15, -0.1) is 0 Å². The molecule has 1 amide bonds. The molecule has 1 aliphatic carbocycles. The molecule has 0 saturated heterocycles. The number of hydrogen-bond donors (Lipinski definition) is 3. The molecule has 1 unspecified atom stereocenters. The van der Waals surface area contributed by atoms with Crippen molar-refractivity contribution in [2.45, 2.75) is 37.8 Å². The first-order valence-electron chi connectivity index (χ1n) is 7.53. The van der Waals surface area contributed by atoms with Crippen LogP contribution in [0.25, 0.3) is 10.8 Å². The Bertz CT molecular complexity index is 717. The van der Waals surface area contributed by atoms with Gasteiger partial charge in [-0.05, 0) is 24.3 Å². The van der Waals surface area contributed by atoms with Gasteiger partial charge in [0.15, 0.2) is 0 Å². The fraction of sp³-hybridized carbons (Fsp3) is 0.353. The maximum absolute atomic E-state index is 12.6. The predicted octanol–water partition coefficient (Wildman–Crippen LogP) is 3.22. The van der Waals surface area contributed by atoms with Crippen LogP contribution < -0.4 is 11.1 Å². The Balaban J connectivity index is 1.92. The minimum absolute atomic E-state index is 0.189. The van der Waals surface area contributed by atoms with Crippen LogP contribution in [0, 0.1) is 0 Å². The molecule has 1 fully saturated rings. The van der Waals surface area contributed by atoms with E-state index in [-0.39, 0.29) is 11.9 Å². The van der Waals surface area contributed by atoms with Crippen LogP contribution in [-0.4, -0.2) is 23.2 Å². The SMILES string of the molecule is Nc1c(C(=O)N[C@H]2CCCCC2O)cc(Br)c2ccccc12. The van der Waals surface area contributed by atoms with Crippen LogP contribution in [0.5, 0.6) is 0 Å². The number of carbonyl (C=O) groups excluding carboxylic acids is 1. The highest BCUT2D eigenvalue weighted by molar-refractivity contribution is 9.10. The second kappa shape index (κ2) is 6.26. The van der Waals surface area contributed by atoms with Crippen molar-refractivity contribution in [3.63, 3.8) is 0 Å². The molecule has 0 aromatic heterocycles. The summed E-state index contributed by atoms with van der Waals surface area (Å²) in [7, 11) is 0. The van der Waals surface area contributed by atoms with E-state index in [9.17, 15) is 9.90 Å². The number of benzene rings is 2. The molecule has 0 bridgehead atoms. The van der Waals surface area contributed by atoms with Gasteiger partial charge in [0.25, 0.3) is 5.91 Å². The van der Waals surface area contributed by atoms with Gasteiger partial charge >= 0.3 is 0 Å². The lowest BCUT2D eigenvalue weighted by Gasteiger charge is -2.28. The molecule has 0 heterocycles. The van der Waals surface area contributed by atoms with Gasteiger partial charge in [-0.25, -0.2) is 0 Å². The molecule has 116 valence electrons. The lowest BCUT2D eigenvalue weighted by molar-refractivity contribution is 0.0718. The number of nitrogen functional groups attached to an aromatic ring is 1. The van der Waals surface area contributed by atoms with Gasteiger partial charge in [0, 0.05) is 9.86 Å². The number of aliphatic hydroxyl groups is 1. The monoisotopic (exact) mass is 362 g/mol. The summed E-state index contributed by atoms with van der Waals surface area (Å²) >= 11 is 3.50. The van der Waals surface area contributed by atoms with E-state index in [1.165, 1.54) is 0 Å². The Morgan fingerprint density at radius 1 is 1.23 bits per heavy atom. The van der Waals surface area contributed by atoms with Crippen molar-refractivity contribution in [3.05, 3.63) is 40.4 Å². The zero-order chi connectivity index (χ0) is 15.7. The molecule has 5 heteroatoms. The Labute approximate surface area is 137 Å². The van der Waals surface area contributed by atoms with E-state index >= 15 is 0 Å². The molecule has 22 heavy (non-hydrogen) atoms. The molecule has 1 aliphatic rings. The maximum atomic E-state index is 12.6. The average Bonchev–Trinajstić information content (AvgIpc) is 2.53. The van der Waals surface area contributed by atoms with E-state index in [2.05, 4.69) is 21.2 Å². The molecular weight excluding hydrogens is 344 g/mol. The minimum atomic E-state index is -0.470. The zero-order valence-corrected chi connectivity index (χ0v) is 13.8. The highest BCUT2D eigenvalue weighted by Crippen LogP contribution is 2.32. The first-order chi connectivity index (χ1) is 10.6. The molecule has 1 saturated carbocycles. The van der Waals surface area contributed by atoms with Crippen LogP contribution in [0.4, 0.5) is 5.69 Å². The van der Waals surface area contributed by atoms with Gasteiger partial charge in [-0.1, -0.05) is 53.0 Å². The van der Waals surface area contributed by atoms with Crippen molar-refractivity contribution in [3.8, 4) is 0 Å². The van der Waals surface area contributed by atoms with Gasteiger partial charge in [0.2, 0.25) is 0 Å². The number of hydrogen-bond acceptors (Lipinski definition) is 3. The lowest BCUT2D eigenvalue weighted by Crippen LogP contribution is -2.45. The lowest BCUT2D eigenvalue weighted by atomic mass is 9.92. The molecule has 0 spiro atoms. The largest absolute Gasteiger partial charge is 0.398 e. The average molecular weight is 363 g/mol. The number of anilines is 1. The Morgan fingerprint density at radius 3 is 2.64 bits per heavy atom. The predicted molar refractivity (Wildman–Crippen MR) is 91.8 cm³/mol. The fourth-order valence-electron chi connectivity index (χ4n) is 3.07. The Hall–Kier alpha value is -1.59. The minimum Gasteiger partial charge on any atom is -0.398 e. The second-order valence-electron chi connectivity index (χ2n) is 5.80. The Morgan fingerprint density at radius 2 is 1.91 bits per heavy atom. The van der Waals surface area contributed by atoms with Crippen LogP contribution in [0.1, 0.15) is 36.0 Å². The van der Waals surface area contributed by atoms with Crippen molar-refractivity contribution in [1.82, 2.24) is 5.32 Å². The van der Waals surface area contributed by atoms with Crippen molar-refractivity contribution >= 4 is 38.3 Å². The number of fused-ring (bicyclic) bond motifs is 1. The van der Waals surface area contributed by atoms with Crippen LogP contribution in [0.3, 0.4) is 0 Å². The van der Waals surface area contributed by atoms with E-state index in [0.717, 1.165) is 40.9 Å². The summed E-state index contributed by atoms with van der Waals surface area (Å²) in [5.74, 6) is -0.227.